The van der Waals surface area contributed by atoms with E-state index in [1.807, 2.05) is 18.0 Å². The zero-order chi connectivity index (χ0) is 11.4. The van der Waals surface area contributed by atoms with Crippen molar-refractivity contribution < 1.29 is 4.79 Å². The number of ketones is 1. The van der Waals surface area contributed by atoms with E-state index in [1.54, 1.807) is 0 Å². The van der Waals surface area contributed by atoms with Gasteiger partial charge in [0.25, 0.3) is 0 Å². The molecule has 16 heavy (non-hydrogen) atoms. The second-order valence-corrected chi connectivity index (χ2v) is 5.66. The number of fused-ring (bicyclic) bond motifs is 1. The van der Waals surface area contributed by atoms with E-state index in [0.717, 1.165) is 31.4 Å². The molecule has 0 atom stereocenters. The molecule has 88 valence electrons. The number of rotatable bonds is 5. The Balaban J connectivity index is 1.93. The molecule has 1 aromatic rings. The molecular weight excluding hydrogens is 218 g/mol. The molecule has 0 bridgehead atoms. The normalized spacial score (nSPS) is 15.2. The Bertz CT molecular complexity index is 370. The number of carbonyl (C=O) groups is 1. The largest absolute Gasteiger partial charge is 0.353 e. The van der Waals surface area contributed by atoms with E-state index in [0.29, 0.717) is 5.78 Å². The van der Waals surface area contributed by atoms with Crippen molar-refractivity contribution in [3.63, 3.8) is 0 Å². The zero-order valence-corrected chi connectivity index (χ0v) is 10.7. The average Bonchev–Trinajstić information content (AvgIpc) is 2.69. The van der Waals surface area contributed by atoms with E-state index in [2.05, 4.69) is 17.7 Å². The van der Waals surface area contributed by atoms with Crippen LogP contribution >= 0.6 is 11.8 Å². The van der Waals surface area contributed by atoms with Crippen LogP contribution in [0.2, 0.25) is 0 Å². The van der Waals surface area contributed by atoms with Crippen molar-refractivity contribution in [3.05, 3.63) is 23.5 Å². The van der Waals surface area contributed by atoms with E-state index in [-0.39, 0.29) is 0 Å². The molecule has 0 amide bonds. The maximum Gasteiger partial charge on any atom is 0.164 e. The molecular formula is C13H19NOS. The molecule has 1 heterocycles. The Hall–Kier alpha value is -0.700. The zero-order valence-electron chi connectivity index (χ0n) is 9.87. The molecule has 1 aromatic heterocycles. The van der Waals surface area contributed by atoms with E-state index >= 15 is 0 Å². The third-order valence-electron chi connectivity index (χ3n) is 3.02. The van der Waals surface area contributed by atoms with Gasteiger partial charge in [-0.15, -0.1) is 0 Å². The van der Waals surface area contributed by atoms with Crippen LogP contribution in [0.25, 0.3) is 0 Å². The maximum absolute atomic E-state index is 11.7. The third-order valence-corrected chi connectivity index (χ3v) is 4.01. The first-order chi connectivity index (χ1) is 7.81. The summed E-state index contributed by atoms with van der Waals surface area (Å²) < 4.78 is 2.20. The summed E-state index contributed by atoms with van der Waals surface area (Å²) in [6.07, 6.45) is 8.26. The van der Waals surface area contributed by atoms with Gasteiger partial charge in [0.2, 0.25) is 0 Å². The lowest BCUT2D eigenvalue weighted by Gasteiger charge is -2.07. The van der Waals surface area contributed by atoms with Crippen LogP contribution < -0.4 is 0 Å². The van der Waals surface area contributed by atoms with Gasteiger partial charge < -0.3 is 4.57 Å². The molecule has 3 heteroatoms. The van der Waals surface area contributed by atoms with Crippen molar-refractivity contribution >= 4 is 17.5 Å². The number of Topliss-reactive ketones (excluding diaryl/α,β-unsaturated/α-hetero) is 1. The topological polar surface area (TPSA) is 22.0 Å². The van der Waals surface area contributed by atoms with Gasteiger partial charge in [0.05, 0.1) is 0 Å². The van der Waals surface area contributed by atoms with Crippen LogP contribution in [-0.4, -0.2) is 21.9 Å². The van der Waals surface area contributed by atoms with Gasteiger partial charge in [-0.2, -0.15) is 11.8 Å². The molecule has 0 saturated carbocycles. The first-order valence-corrected chi connectivity index (χ1v) is 7.26. The first-order valence-electron chi connectivity index (χ1n) is 6.11. The van der Waals surface area contributed by atoms with Crippen LogP contribution in [0.15, 0.2) is 12.4 Å². The van der Waals surface area contributed by atoms with Crippen LogP contribution in [-0.2, 0) is 13.0 Å². The molecule has 1 aliphatic rings. The summed E-state index contributed by atoms with van der Waals surface area (Å²) in [5, 5.41) is 0. The van der Waals surface area contributed by atoms with E-state index in [9.17, 15) is 4.79 Å². The number of carbonyl (C=O) groups excluding carboxylic acids is 1. The summed E-state index contributed by atoms with van der Waals surface area (Å²) in [6.45, 7) is 3.24. The fraction of sp³-hybridized carbons (Fsp3) is 0.615. The van der Waals surface area contributed by atoms with E-state index < -0.39 is 0 Å². The van der Waals surface area contributed by atoms with Gasteiger partial charge in [0.1, 0.15) is 0 Å². The lowest BCUT2D eigenvalue weighted by Crippen LogP contribution is -2.07. The standard InChI is InChI=1S/C13H19NOS/c1-2-16-8-4-7-14-9-11-5-3-6-13(15)12(11)10-14/h9-10H,2-8H2,1H3. The van der Waals surface area contributed by atoms with Gasteiger partial charge in [-0.25, -0.2) is 0 Å². The molecule has 1 aliphatic carbocycles. The van der Waals surface area contributed by atoms with Crippen molar-refractivity contribution in [1.29, 1.82) is 0 Å². The average molecular weight is 237 g/mol. The monoisotopic (exact) mass is 237 g/mol. The Morgan fingerprint density at radius 2 is 2.25 bits per heavy atom. The second kappa shape index (κ2) is 5.58. The number of aromatic nitrogens is 1. The summed E-state index contributed by atoms with van der Waals surface area (Å²) in [5.41, 5.74) is 2.24. The van der Waals surface area contributed by atoms with Crippen molar-refractivity contribution in [2.24, 2.45) is 0 Å². The minimum Gasteiger partial charge on any atom is -0.353 e. The SMILES string of the molecule is CCSCCCn1cc2c(c1)C(=O)CCC2. The van der Waals surface area contributed by atoms with Gasteiger partial charge in [0.15, 0.2) is 5.78 Å². The minimum absolute atomic E-state index is 0.336. The van der Waals surface area contributed by atoms with Crippen LogP contribution in [0, 0.1) is 0 Å². The molecule has 0 aromatic carbocycles. The van der Waals surface area contributed by atoms with E-state index in [4.69, 9.17) is 0 Å². The molecule has 0 fully saturated rings. The Morgan fingerprint density at radius 1 is 1.38 bits per heavy atom. The third kappa shape index (κ3) is 2.70. The fourth-order valence-electron chi connectivity index (χ4n) is 2.20. The van der Waals surface area contributed by atoms with Gasteiger partial charge >= 0.3 is 0 Å². The Kier molecular flexibility index (Phi) is 4.10. The van der Waals surface area contributed by atoms with Crippen molar-refractivity contribution in [3.8, 4) is 0 Å². The quantitative estimate of drug-likeness (QED) is 0.734. The van der Waals surface area contributed by atoms with Gasteiger partial charge in [-0.3, -0.25) is 4.79 Å². The molecule has 0 unspecified atom stereocenters. The smallest absolute Gasteiger partial charge is 0.164 e. The predicted molar refractivity (Wildman–Crippen MR) is 69.3 cm³/mol. The Morgan fingerprint density at radius 3 is 3.00 bits per heavy atom. The molecule has 2 nitrogen and oxygen atoms in total. The van der Waals surface area contributed by atoms with Crippen LogP contribution in [0.5, 0.6) is 0 Å². The predicted octanol–water partition coefficient (Wildman–Crippen LogP) is 3.15. The molecule has 2 rings (SSSR count). The lowest BCUT2D eigenvalue weighted by atomic mass is 9.95. The maximum atomic E-state index is 11.7. The van der Waals surface area contributed by atoms with Crippen LogP contribution in [0.4, 0.5) is 0 Å². The van der Waals surface area contributed by atoms with Gasteiger partial charge in [0, 0.05) is 30.9 Å². The Labute approximate surface area is 101 Å². The molecule has 0 N–H and O–H groups in total. The highest BCUT2D eigenvalue weighted by molar-refractivity contribution is 7.99. The van der Waals surface area contributed by atoms with Gasteiger partial charge in [-0.1, -0.05) is 6.92 Å². The second-order valence-electron chi connectivity index (χ2n) is 4.26. The number of hydrogen-bond acceptors (Lipinski definition) is 2. The van der Waals surface area contributed by atoms with Crippen LogP contribution in [0.3, 0.4) is 0 Å². The highest BCUT2D eigenvalue weighted by Gasteiger charge is 2.18. The minimum atomic E-state index is 0.336. The fourth-order valence-corrected chi connectivity index (χ4v) is 2.82. The molecule has 0 spiro atoms. The van der Waals surface area contributed by atoms with Gasteiger partial charge in [-0.05, 0) is 36.3 Å². The summed E-state index contributed by atoms with van der Waals surface area (Å²) in [4.78, 5) is 11.7. The number of hydrogen-bond donors (Lipinski definition) is 0. The van der Waals surface area contributed by atoms with Crippen molar-refractivity contribution in [2.75, 3.05) is 11.5 Å². The van der Waals surface area contributed by atoms with Crippen molar-refractivity contribution in [2.45, 2.75) is 39.2 Å². The van der Waals surface area contributed by atoms with E-state index in [1.165, 1.54) is 23.5 Å². The summed E-state index contributed by atoms with van der Waals surface area (Å²) >= 11 is 1.98. The highest BCUT2D eigenvalue weighted by Crippen LogP contribution is 2.22. The highest BCUT2D eigenvalue weighted by atomic mass is 32.2. The summed E-state index contributed by atoms with van der Waals surface area (Å²) in [7, 11) is 0. The molecule has 0 saturated heterocycles. The van der Waals surface area contributed by atoms with Crippen LogP contribution in [0.1, 0.15) is 42.1 Å². The lowest BCUT2D eigenvalue weighted by molar-refractivity contribution is 0.0973. The number of aryl methyl sites for hydroxylation is 2. The first kappa shape index (κ1) is 11.8. The summed E-state index contributed by atoms with van der Waals surface area (Å²) in [5.74, 6) is 2.75. The summed E-state index contributed by atoms with van der Waals surface area (Å²) in [6, 6.07) is 0. The number of thioether (sulfide) groups is 1. The molecule has 0 aliphatic heterocycles. The number of nitrogens with zero attached hydrogens (tertiary/aromatic N) is 1. The molecule has 0 radical (unpaired) electrons. The van der Waals surface area contributed by atoms with Crippen molar-refractivity contribution in [1.82, 2.24) is 4.57 Å².